The van der Waals surface area contributed by atoms with Gasteiger partial charge in [-0.3, -0.25) is 0 Å². The van der Waals surface area contributed by atoms with Crippen LogP contribution in [0.1, 0.15) is 51.4 Å². The number of hydrogen-bond donors (Lipinski definition) is 1. The molecule has 1 atom stereocenters. The predicted octanol–water partition coefficient (Wildman–Crippen LogP) is 3.98. The highest BCUT2D eigenvalue weighted by molar-refractivity contribution is 5.14. The Morgan fingerprint density at radius 2 is 1.60 bits per heavy atom. The van der Waals surface area contributed by atoms with Crippen molar-refractivity contribution in [3.63, 3.8) is 0 Å². The van der Waals surface area contributed by atoms with Crippen molar-refractivity contribution in [2.24, 2.45) is 11.8 Å². The van der Waals surface area contributed by atoms with Gasteiger partial charge in [0.25, 0.3) is 0 Å². The molecule has 84 valence electrons. The van der Waals surface area contributed by atoms with E-state index in [0.29, 0.717) is 5.92 Å². The van der Waals surface area contributed by atoms with Crippen molar-refractivity contribution in [3.05, 3.63) is 24.6 Å². The molecule has 1 saturated heterocycles. The van der Waals surface area contributed by atoms with Crippen LogP contribution in [-0.2, 0) is 0 Å². The fourth-order valence-electron chi connectivity index (χ4n) is 3.12. The van der Waals surface area contributed by atoms with E-state index < -0.39 is 0 Å². The van der Waals surface area contributed by atoms with E-state index in [9.17, 15) is 0 Å². The van der Waals surface area contributed by atoms with Crippen molar-refractivity contribution in [2.45, 2.75) is 51.4 Å². The number of piperidine rings is 1. The highest BCUT2D eigenvalue weighted by Crippen LogP contribution is 2.37. The third-order valence-corrected chi connectivity index (χ3v) is 4.01. The van der Waals surface area contributed by atoms with Crippen molar-refractivity contribution < 1.29 is 0 Å². The first-order chi connectivity index (χ1) is 7.27. The summed E-state index contributed by atoms with van der Waals surface area (Å²) in [7, 11) is 0. The van der Waals surface area contributed by atoms with Crippen molar-refractivity contribution >= 4 is 0 Å². The molecule has 2 fully saturated rings. The Morgan fingerprint density at radius 3 is 2.20 bits per heavy atom. The summed E-state index contributed by atoms with van der Waals surface area (Å²) in [6.45, 7) is 8.17. The zero-order chi connectivity index (χ0) is 10.7. The zero-order valence-electron chi connectivity index (χ0n) is 9.73. The molecule has 15 heavy (non-hydrogen) atoms. The highest BCUT2D eigenvalue weighted by atomic mass is 14.9. The summed E-state index contributed by atoms with van der Waals surface area (Å²) >= 11 is 0. The quantitative estimate of drug-likeness (QED) is 0.638. The summed E-state index contributed by atoms with van der Waals surface area (Å²) in [5.41, 5.74) is 2.39. The molecular weight excluding hydrogens is 182 g/mol. The van der Waals surface area contributed by atoms with Crippen LogP contribution in [0.15, 0.2) is 24.6 Å². The topological polar surface area (TPSA) is 12.0 Å². The molecule has 0 bridgehead atoms. The first kappa shape index (κ1) is 10.8. The van der Waals surface area contributed by atoms with E-state index in [1.165, 1.54) is 50.6 Å². The van der Waals surface area contributed by atoms with Crippen LogP contribution in [0.4, 0.5) is 0 Å². The Labute approximate surface area is 93.6 Å². The van der Waals surface area contributed by atoms with Crippen molar-refractivity contribution in [1.82, 2.24) is 5.32 Å². The van der Waals surface area contributed by atoms with E-state index in [0.717, 1.165) is 18.0 Å². The summed E-state index contributed by atoms with van der Waals surface area (Å²) in [6, 6.07) is 0. The van der Waals surface area contributed by atoms with Gasteiger partial charge in [-0.1, -0.05) is 38.8 Å². The Bertz CT molecular complexity index is 246. The van der Waals surface area contributed by atoms with Gasteiger partial charge in [-0.05, 0) is 31.6 Å². The van der Waals surface area contributed by atoms with Crippen molar-refractivity contribution in [2.75, 3.05) is 0 Å². The monoisotopic (exact) mass is 205 g/mol. The average molecular weight is 205 g/mol. The minimum atomic E-state index is 0.716. The van der Waals surface area contributed by atoms with Crippen LogP contribution in [0.25, 0.3) is 0 Å². The lowest BCUT2D eigenvalue weighted by Crippen LogP contribution is -2.29. The first-order valence-corrected chi connectivity index (χ1v) is 6.41. The fraction of sp³-hybridized carbons (Fsp3) is 0.714. The molecule has 0 aromatic rings. The fourth-order valence-corrected chi connectivity index (χ4v) is 3.12. The molecule has 2 aliphatic rings. The van der Waals surface area contributed by atoms with Crippen LogP contribution in [0.2, 0.25) is 0 Å². The van der Waals surface area contributed by atoms with Gasteiger partial charge in [-0.25, -0.2) is 0 Å². The van der Waals surface area contributed by atoms with E-state index >= 15 is 0 Å². The maximum atomic E-state index is 4.18. The Hall–Kier alpha value is -0.720. The molecular formula is C14H23N. The normalized spacial score (nSPS) is 29.7. The van der Waals surface area contributed by atoms with Gasteiger partial charge in [0, 0.05) is 17.3 Å². The van der Waals surface area contributed by atoms with Gasteiger partial charge >= 0.3 is 0 Å². The molecule has 1 heterocycles. The molecule has 1 unspecified atom stereocenters. The molecule has 0 amide bonds. The summed E-state index contributed by atoms with van der Waals surface area (Å²) in [5, 5.41) is 3.36. The van der Waals surface area contributed by atoms with Gasteiger partial charge in [0.05, 0.1) is 0 Å². The third-order valence-electron chi connectivity index (χ3n) is 4.01. The van der Waals surface area contributed by atoms with Gasteiger partial charge < -0.3 is 5.32 Å². The molecule has 1 saturated carbocycles. The van der Waals surface area contributed by atoms with E-state index in [-0.39, 0.29) is 0 Å². The number of nitrogens with one attached hydrogen (secondary N) is 1. The third kappa shape index (κ3) is 2.64. The van der Waals surface area contributed by atoms with E-state index in [2.05, 4.69) is 18.5 Å². The number of allylic oxidation sites excluding steroid dienone is 2. The van der Waals surface area contributed by atoms with Crippen molar-refractivity contribution in [3.8, 4) is 0 Å². The lowest BCUT2D eigenvalue weighted by atomic mass is 9.79. The van der Waals surface area contributed by atoms with Gasteiger partial charge in [0.15, 0.2) is 0 Å². The standard InChI is InChI=1S/C14H23N/c1-11-9-10-14(12(2)15-11)13-7-5-3-4-6-8-13/h13-15H,1-10H2. The number of rotatable bonds is 1. The predicted molar refractivity (Wildman–Crippen MR) is 65.3 cm³/mol. The molecule has 0 spiro atoms. The largest absolute Gasteiger partial charge is 0.363 e. The van der Waals surface area contributed by atoms with Gasteiger partial charge in [0.2, 0.25) is 0 Å². The molecule has 1 nitrogen and oxygen atoms in total. The van der Waals surface area contributed by atoms with Crippen LogP contribution >= 0.6 is 0 Å². The average Bonchev–Trinajstić information content (AvgIpc) is 2.46. The van der Waals surface area contributed by atoms with Crippen molar-refractivity contribution in [1.29, 1.82) is 0 Å². The smallest absolute Gasteiger partial charge is 0.0110 e. The molecule has 1 N–H and O–H groups in total. The second kappa shape index (κ2) is 4.87. The molecule has 0 aromatic heterocycles. The van der Waals surface area contributed by atoms with E-state index in [1.807, 2.05) is 0 Å². The minimum absolute atomic E-state index is 0.716. The van der Waals surface area contributed by atoms with Crippen LogP contribution in [0.5, 0.6) is 0 Å². The van der Waals surface area contributed by atoms with Crippen LogP contribution in [-0.4, -0.2) is 0 Å². The lowest BCUT2D eigenvalue weighted by Gasteiger charge is -2.33. The second-order valence-electron chi connectivity index (χ2n) is 5.15. The zero-order valence-corrected chi connectivity index (χ0v) is 9.73. The maximum Gasteiger partial charge on any atom is 0.0110 e. The van der Waals surface area contributed by atoms with Crippen LogP contribution < -0.4 is 5.32 Å². The summed E-state index contributed by atoms with van der Waals surface area (Å²) in [5.74, 6) is 1.61. The Balaban J connectivity index is 1.96. The van der Waals surface area contributed by atoms with E-state index in [4.69, 9.17) is 0 Å². The molecule has 2 rings (SSSR count). The Kier molecular flexibility index (Phi) is 3.50. The maximum absolute atomic E-state index is 4.18. The van der Waals surface area contributed by atoms with Gasteiger partial charge in [0.1, 0.15) is 0 Å². The van der Waals surface area contributed by atoms with Gasteiger partial charge in [-0.15, -0.1) is 0 Å². The molecule has 1 aliphatic heterocycles. The van der Waals surface area contributed by atoms with Crippen LogP contribution in [0.3, 0.4) is 0 Å². The molecule has 0 radical (unpaired) electrons. The minimum Gasteiger partial charge on any atom is -0.363 e. The highest BCUT2D eigenvalue weighted by Gasteiger charge is 2.27. The SMILES string of the molecule is C=C1CCC(C2CCCCCC2)C(=C)N1. The summed E-state index contributed by atoms with van der Waals surface area (Å²) < 4.78 is 0. The molecule has 1 aliphatic carbocycles. The molecule has 1 heteroatoms. The number of hydrogen-bond acceptors (Lipinski definition) is 1. The van der Waals surface area contributed by atoms with Crippen LogP contribution in [0, 0.1) is 11.8 Å². The second-order valence-corrected chi connectivity index (χ2v) is 5.15. The van der Waals surface area contributed by atoms with Gasteiger partial charge in [-0.2, -0.15) is 0 Å². The van der Waals surface area contributed by atoms with E-state index in [1.54, 1.807) is 0 Å². The Morgan fingerprint density at radius 1 is 0.933 bits per heavy atom. The lowest BCUT2D eigenvalue weighted by molar-refractivity contribution is 0.296. The molecule has 0 aromatic carbocycles. The summed E-state index contributed by atoms with van der Waals surface area (Å²) in [4.78, 5) is 0. The summed E-state index contributed by atoms with van der Waals surface area (Å²) in [6.07, 6.45) is 11.0. The first-order valence-electron chi connectivity index (χ1n) is 6.41.